The fourth-order valence-corrected chi connectivity index (χ4v) is 6.95. The van der Waals surface area contributed by atoms with Crippen molar-refractivity contribution in [3.63, 3.8) is 0 Å². The predicted molar refractivity (Wildman–Crippen MR) is 156 cm³/mol. The number of epoxide rings is 2. The predicted octanol–water partition coefficient (Wildman–Crippen LogP) is 3.96. The summed E-state index contributed by atoms with van der Waals surface area (Å²) in [5.41, 5.74) is 0.400. The highest BCUT2D eigenvalue weighted by Gasteiger charge is 2.72. The summed E-state index contributed by atoms with van der Waals surface area (Å²) in [6.07, 6.45) is 2.70. The zero-order valence-corrected chi connectivity index (χ0v) is 26.5. The van der Waals surface area contributed by atoms with Gasteiger partial charge < -0.3 is 24.1 Å². The van der Waals surface area contributed by atoms with Gasteiger partial charge in [-0.25, -0.2) is 0 Å². The number of thioether (sulfide) groups is 1. The summed E-state index contributed by atoms with van der Waals surface area (Å²) < 4.78 is 23.8. The van der Waals surface area contributed by atoms with Crippen LogP contribution in [0.2, 0.25) is 0 Å². The lowest BCUT2D eigenvalue weighted by molar-refractivity contribution is -0.172. The van der Waals surface area contributed by atoms with Crippen LogP contribution in [0.15, 0.2) is 11.6 Å². The molecule has 0 radical (unpaired) electrons. The molecule has 7 atom stereocenters. The second kappa shape index (κ2) is 14.6. The maximum absolute atomic E-state index is 12.8. The molecule has 0 aromatic heterocycles. The number of allylic oxidation sites excluding steroid dienone is 1. The fourth-order valence-electron chi connectivity index (χ4n) is 5.95. The Morgan fingerprint density at radius 1 is 1.12 bits per heavy atom. The molecule has 0 aromatic rings. The van der Waals surface area contributed by atoms with Crippen molar-refractivity contribution in [2.45, 2.75) is 109 Å². The molecule has 1 N–H and O–H groups in total. The third kappa shape index (κ3) is 8.97. The van der Waals surface area contributed by atoms with Gasteiger partial charge in [0, 0.05) is 38.0 Å². The van der Waals surface area contributed by atoms with Gasteiger partial charge in [-0.3, -0.25) is 24.0 Å². The second-order valence-electron chi connectivity index (χ2n) is 12.5. The highest BCUT2D eigenvalue weighted by Crippen LogP contribution is 2.59. The lowest BCUT2D eigenvalue weighted by atomic mass is 9.68. The van der Waals surface area contributed by atoms with Gasteiger partial charge in [-0.2, -0.15) is 11.8 Å². The third-order valence-electron chi connectivity index (χ3n) is 8.56. The van der Waals surface area contributed by atoms with Gasteiger partial charge in [0.1, 0.15) is 41.4 Å². The monoisotopic (exact) mass is 610 g/mol. The molecule has 1 saturated carbocycles. The lowest BCUT2D eigenvalue weighted by Gasteiger charge is -2.42. The molecular weight excluding hydrogens is 564 g/mol. The van der Waals surface area contributed by atoms with Gasteiger partial charge in [-0.15, -0.1) is 0 Å². The van der Waals surface area contributed by atoms with E-state index in [0.717, 1.165) is 18.2 Å². The summed E-state index contributed by atoms with van der Waals surface area (Å²) in [6.45, 7) is 10.3. The first-order valence-electron chi connectivity index (χ1n) is 14.8. The standard InChI is InChI=1S/C31H46O10S/c1-18(2)7-10-25-30(5,41-25)28-27(38-6)24(11-12-31(28)17-39-31)40-26(35)14-22(33)16-42-15-20(29(36)37)13-21(32)8-9-23(34)19(3)4/h7,19-20,24-25,27-28H,8-17H2,1-6H3,(H,36,37)/t20-,24-,25-,27-,28-,30-,31+/m1/s1. The molecule has 2 heterocycles. The molecule has 3 aliphatic rings. The number of hydrogen-bond donors (Lipinski definition) is 1. The van der Waals surface area contributed by atoms with Gasteiger partial charge in [-0.1, -0.05) is 25.5 Å². The largest absolute Gasteiger partial charge is 0.481 e. The van der Waals surface area contributed by atoms with E-state index in [0.29, 0.717) is 19.4 Å². The molecule has 1 aliphatic carbocycles. The first-order chi connectivity index (χ1) is 19.7. The van der Waals surface area contributed by atoms with Crippen LogP contribution in [0.1, 0.15) is 79.6 Å². The molecule has 236 valence electrons. The van der Waals surface area contributed by atoms with Gasteiger partial charge >= 0.3 is 11.9 Å². The number of ether oxygens (including phenoxy) is 4. The molecule has 0 unspecified atom stereocenters. The summed E-state index contributed by atoms with van der Waals surface area (Å²) in [4.78, 5) is 60.9. The minimum absolute atomic E-state index is 0.00929. The smallest absolute Gasteiger partial charge is 0.313 e. The minimum atomic E-state index is -1.14. The van der Waals surface area contributed by atoms with Gasteiger partial charge in [-0.05, 0) is 40.0 Å². The number of Topliss-reactive ketones (excluding diaryl/α,β-unsaturated/α-hetero) is 3. The number of carboxylic acid groups (broad SMARTS) is 1. The van der Waals surface area contributed by atoms with Crippen LogP contribution in [0.4, 0.5) is 0 Å². The van der Waals surface area contributed by atoms with E-state index in [2.05, 4.69) is 13.0 Å². The number of esters is 1. The molecular formula is C31H46O10S. The van der Waals surface area contributed by atoms with Crippen LogP contribution in [-0.4, -0.2) is 89.1 Å². The summed E-state index contributed by atoms with van der Waals surface area (Å²) in [5, 5.41) is 9.50. The highest BCUT2D eigenvalue weighted by atomic mass is 32.2. The Morgan fingerprint density at radius 2 is 1.81 bits per heavy atom. The quantitative estimate of drug-likeness (QED) is 0.104. The molecule has 0 bridgehead atoms. The van der Waals surface area contributed by atoms with Gasteiger partial charge in [0.25, 0.3) is 0 Å². The van der Waals surface area contributed by atoms with E-state index in [1.807, 2.05) is 13.8 Å². The van der Waals surface area contributed by atoms with Crippen molar-refractivity contribution in [1.82, 2.24) is 0 Å². The van der Waals surface area contributed by atoms with Gasteiger partial charge in [0.05, 0.1) is 30.3 Å². The molecule has 3 rings (SSSR count). The van der Waals surface area contributed by atoms with Crippen molar-refractivity contribution in [1.29, 1.82) is 0 Å². The summed E-state index contributed by atoms with van der Waals surface area (Å²) in [5.74, 6) is -3.80. The van der Waals surface area contributed by atoms with E-state index >= 15 is 0 Å². The van der Waals surface area contributed by atoms with Crippen LogP contribution in [0, 0.1) is 17.8 Å². The van der Waals surface area contributed by atoms with E-state index in [1.54, 1.807) is 21.0 Å². The number of methoxy groups -OCH3 is 1. The minimum Gasteiger partial charge on any atom is -0.481 e. The van der Waals surface area contributed by atoms with Crippen LogP contribution in [0.5, 0.6) is 0 Å². The topological polar surface area (TPSA) is 149 Å². The van der Waals surface area contributed by atoms with Gasteiger partial charge in [0.2, 0.25) is 0 Å². The number of carboxylic acids is 1. The average molecular weight is 611 g/mol. The molecule has 3 fully saturated rings. The number of ketones is 3. The van der Waals surface area contributed by atoms with Crippen molar-refractivity contribution in [2.24, 2.45) is 17.8 Å². The number of carbonyl (C=O) groups is 5. The molecule has 2 saturated heterocycles. The lowest BCUT2D eigenvalue weighted by Crippen LogP contribution is -2.55. The summed E-state index contributed by atoms with van der Waals surface area (Å²) >= 11 is 1.07. The van der Waals surface area contributed by atoms with E-state index in [9.17, 15) is 29.1 Å². The molecule has 0 amide bonds. The Hall–Kier alpha value is -2.08. The van der Waals surface area contributed by atoms with Crippen molar-refractivity contribution >= 4 is 41.1 Å². The summed E-state index contributed by atoms with van der Waals surface area (Å²) in [6, 6.07) is 0. The second-order valence-corrected chi connectivity index (χ2v) is 13.6. The fraction of sp³-hybridized carbons (Fsp3) is 0.774. The number of carbonyl (C=O) groups excluding carboxylic acids is 4. The van der Waals surface area contributed by atoms with Crippen LogP contribution in [0.3, 0.4) is 0 Å². The van der Waals surface area contributed by atoms with Crippen molar-refractivity contribution in [3.8, 4) is 0 Å². The zero-order chi connectivity index (χ0) is 31.2. The normalized spacial score (nSPS) is 30.5. The maximum atomic E-state index is 12.8. The van der Waals surface area contributed by atoms with Crippen LogP contribution in [-0.2, 0) is 42.9 Å². The van der Waals surface area contributed by atoms with Gasteiger partial charge in [0.15, 0.2) is 5.78 Å². The Balaban J connectivity index is 1.47. The van der Waals surface area contributed by atoms with Crippen LogP contribution in [0.25, 0.3) is 0 Å². The molecule has 0 aromatic carbocycles. The Morgan fingerprint density at radius 3 is 2.38 bits per heavy atom. The van der Waals surface area contributed by atoms with Crippen LogP contribution >= 0.6 is 11.8 Å². The summed E-state index contributed by atoms with van der Waals surface area (Å²) in [7, 11) is 1.59. The molecule has 11 heteroatoms. The average Bonchev–Trinajstić information content (AvgIpc) is 3.82. The van der Waals surface area contributed by atoms with Crippen molar-refractivity contribution in [2.75, 3.05) is 25.2 Å². The highest BCUT2D eigenvalue weighted by molar-refractivity contribution is 7.99. The van der Waals surface area contributed by atoms with Crippen molar-refractivity contribution in [3.05, 3.63) is 11.6 Å². The third-order valence-corrected chi connectivity index (χ3v) is 9.73. The van der Waals surface area contributed by atoms with E-state index in [1.165, 1.54) is 5.57 Å². The first kappa shape index (κ1) is 34.4. The number of aliphatic carboxylic acids is 1. The first-order valence-corrected chi connectivity index (χ1v) is 15.9. The number of hydrogen-bond acceptors (Lipinski definition) is 10. The Kier molecular flexibility index (Phi) is 12.0. The van der Waals surface area contributed by atoms with E-state index in [4.69, 9.17) is 18.9 Å². The molecule has 42 heavy (non-hydrogen) atoms. The Labute approximate surface area is 252 Å². The maximum Gasteiger partial charge on any atom is 0.313 e. The van der Waals surface area contributed by atoms with Crippen molar-refractivity contribution < 1.29 is 48.0 Å². The Bertz CT molecular complexity index is 1060. The molecule has 10 nitrogen and oxygen atoms in total. The molecule has 2 aliphatic heterocycles. The zero-order valence-electron chi connectivity index (χ0n) is 25.6. The van der Waals surface area contributed by atoms with E-state index in [-0.39, 0.29) is 71.7 Å². The number of rotatable bonds is 18. The van der Waals surface area contributed by atoms with E-state index < -0.39 is 42.1 Å². The molecule has 1 spiro atoms. The van der Waals surface area contributed by atoms with Crippen LogP contribution < -0.4 is 0 Å². The SMILES string of the molecule is CO[C@@H]1[C@H](OC(=O)CC(=O)CSC[C@@H](CC(=O)CCC(=O)C(C)C)C(=O)O)CC[C@]2(CO2)[C@H]1[C@]1(C)O[C@@H]1CC=C(C)C.